The number of hydrogen-bond acceptors (Lipinski definition) is 42. The molecule has 0 spiro atoms. The second-order valence-electron chi connectivity index (χ2n) is 12.6. The van der Waals surface area contributed by atoms with Crippen molar-refractivity contribution >= 4 is 0 Å². The van der Waals surface area contributed by atoms with Gasteiger partial charge in [0, 0.05) is 0 Å². The summed E-state index contributed by atoms with van der Waals surface area (Å²) in [6.07, 6.45) is 0. The molecule has 58 heteroatoms. The number of nitrogens with zero attached hydrogens (tertiary/aromatic N) is 42. The molecule has 0 atom stereocenters. The van der Waals surface area contributed by atoms with E-state index in [0.29, 0.717) is 0 Å². The number of quaternary nitrogens is 3. The van der Waals surface area contributed by atoms with Gasteiger partial charge in [0.25, 0.3) is 0 Å². The van der Waals surface area contributed by atoms with Gasteiger partial charge in [-0.25, -0.2) is 0 Å². The zero-order chi connectivity index (χ0) is 74.6. The summed E-state index contributed by atoms with van der Waals surface area (Å²) in [6, 6.07) is 0. The Hall–Kier alpha value is -14.8. The molecule has 0 heterocycles. The topological polar surface area (TPSA) is 1110 Å². The second kappa shape index (κ2) is 33.4. The summed E-state index contributed by atoms with van der Waals surface area (Å²) < 4.78 is 0. The van der Waals surface area contributed by atoms with E-state index in [9.17, 15) is 0 Å². The van der Waals surface area contributed by atoms with Gasteiger partial charge in [-0.3, -0.25) is 0 Å². The summed E-state index contributed by atoms with van der Waals surface area (Å²) in [5.41, 5.74) is 0. The van der Waals surface area contributed by atoms with E-state index in [2.05, 4.69) is 0 Å². The molecule has 0 bridgehead atoms. The third kappa shape index (κ3) is 14.8. The third-order valence-electron chi connectivity index (χ3n) is 8.30. The first-order valence-corrected chi connectivity index (χ1v) is 40.0. The average molecular weight is 1870 g/mol. The molecule has 0 aromatic rings. The fourth-order valence-electron chi connectivity index (χ4n) is 1.86. The van der Waals surface area contributed by atoms with Crippen molar-refractivity contribution in [3.05, 3.63) is 0 Å². The number of nitriles is 42. The molecular weight excluding hydrogens is 1860 g/mol. The first-order valence-electron chi connectivity index (χ1n) is 16.8. The van der Waals surface area contributed by atoms with Crippen LogP contribution in [0, 0.1) is 430 Å². The Morgan fingerprint density at radius 3 is 0.100 bits per heavy atom. The van der Waals surface area contributed by atoms with Crippen LogP contribution in [0.1, 0.15) is 0 Å². The van der Waals surface area contributed by atoms with E-state index >= 15 is 0 Å². The summed E-state index contributed by atoms with van der Waals surface area (Å²) in [5.74, 6) is 0. The van der Waals surface area contributed by atoms with Crippen LogP contribution in [0.15, 0.2) is 0 Å². The summed E-state index contributed by atoms with van der Waals surface area (Å²) in [5, 5.41) is 360. The standard InChI is InChI=1S/42CN.13Fe.3H3N/c42*1-2;;;;;;;;;;;;;;;;/h;;;;;;;;;;;;;;;;;;;;;;;;;;;;;;;;;;;;;;;;;;;;;;;;;;;;;;;3*1H3/q;;;;;;;;;;;;;;;;;;;;;;;;;;;;;;;;;;;;;;;;;;7*-3;6*+3;;;/p+3. The number of hydrogen-bond donors (Lipinski definition) is 3. The Labute approximate surface area is 618 Å². The van der Waals surface area contributed by atoms with Crippen LogP contribution in [0.5, 0.6) is 0 Å². The minimum absolute atomic E-state index is 0. The van der Waals surface area contributed by atoms with E-state index in [4.69, 9.17) is 221 Å². The van der Waals surface area contributed by atoms with Gasteiger partial charge in [-0.15, -0.1) is 0 Å². The van der Waals surface area contributed by atoms with E-state index in [1.807, 2.05) is 0 Å². The van der Waals surface area contributed by atoms with Crippen LogP contribution in [0.25, 0.3) is 0 Å². The minimum atomic E-state index is -6.17. The van der Waals surface area contributed by atoms with Crippen LogP contribution in [0.3, 0.4) is 0 Å². The van der Waals surface area contributed by atoms with Crippen LogP contribution in [-0.4, -0.2) is 0 Å². The van der Waals surface area contributed by atoms with Crippen molar-refractivity contribution in [2.45, 2.75) is 0 Å². The minimum Gasteiger partial charge on any atom is -0.369 e. The van der Waals surface area contributed by atoms with Gasteiger partial charge in [0.05, 0.1) is 0 Å². The van der Waals surface area contributed by atoms with Crippen molar-refractivity contribution in [2.24, 2.45) is 0 Å². The van der Waals surface area contributed by atoms with E-state index in [1.54, 1.807) is 0 Å². The molecule has 12 N–H and O–H groups in total. The molecule has 0 aromatic heterocycles. The monoisotopic (exact) mass is 1870 g/mol. The zero-order valence-electron chi connectivity index (χ0n) is 47.4. The zero-order valence-corrected chi connectivity index (χ0v) is 61.7. The molecule has 100 heavy (non-hydrogen) atoms. The first-order chi connectivity index (χ1) is 41.8. The van der Waals surface area contributed by atoms with Gasteiger partial charge in [-0.1, -0.05) is 0 Å². The van der Waals surface area contributed by atoms with Gasteiger partial charge in [0.1, 0.15) is 0 Å². The van der Waals surface area contributed by atoms with Crippen molar-refractivity contribution < 1.29 is 178 Å². The molecule has 0 unspecified atom stereocenters. The Balaban J connectivity index is -0.0000000579. The predicted octanol–water partition coefficient (Wildman–Crippen LogP) is 1.80. The van der Waals surface area contributed by atoms with Crippen molar-refractivity contribution in [1.29, 1.82) is 221 Å². The average Bonchev–Trinajstić information content (AvgIpc) is 0.782. The Bertz CT molecular complexity index is 3730. The molecule has 0 saturated heterocycles. The van der Waals surface area contributed by atoms with E-state index in [1.165, 1.54) is 0 Å². The van der Waals surface area contributed by atoms with Gasteiger partial charge < -0.3 is 18.5 Å². The predicted molar refractivity (Wildman–Crippen MR) is 254 cm³/mol. The molecule has 0 aromatic carbocycles. The molecule has 0 fully saturated rings. The van der Waals surface area contributed by atoms with Crippen LogP contribution >= 0.6 is 0 Å². The van der Waals surface area contributed by atoms with Gasteiger partial charge in [-0.05, 0) is 0 Å². The van der Waals surface area contributed by atoms with Crippen molar-refractivity contribution in [1.82, 2.24) is 18.5 Å². The maximum absolute atomic E-state index is 8.58. The molecule has 0 aliphatic rings. The van der Waals surface area contributed by atoms with Crippen molar-refractivity contribution in [3.8, 4) is 209 Å². The Kier molecular flexibility index (Phi) is 42.1. The summed E-state index contributed by atoms with van der Waals surface area (Å²) >= 11 is 0. The maximum Gasteiger partial charge on any atom is 3.00 e. The maximum atomic E-state index is 8.58. The molecule has 0 rings (SSSR count). The van der Waals surface area contributed by atoms with Crippen molar-refractivity contribution in [3.63, 3.8) is 0 Å². The number of rotatable bonds is 0. The summed E-state index contributed by atoms with van der Waals surface area (Å²) in [7, 11) is -43.2. The fraction of sp³-hybridized carbons (Fsp3) is 0. The van der Waals surface area contributed by atoms with E-state index < -0.39 is 75.1 Å². The van der Waals surface area contributed by atoms with Gasteiger partial charge >= 0.3 is 607 Å². The smallest absolute Gasteiger partial charge is 0.369 e. The SMILES string of the molecule is N#[C][Fe-3]([C]#N)([C]#N)([C]#N)([C]#N)[C]#N.N#[C][Fe-3]([C]#N)([C]#N)([C]#N)([C]#N)[C]#N.N#[C][Fe-3]([C]#N)([C]#N)([C]#N)([C]#N)[C]#N.N#[C][Fe-3]([C]#N)([C]#N)([C]#N)([C]#N)[C]#N.N#[C][Fe-3]([C]#N)([C]#N)([C]#N)([C]#N)[C]#N.N#[C][Fe-3]([C]#N)([C]#N)([C]#N)([C]#N)[C]#N.N#[C][Fe-3]([C]#N)([C]#N)([C]#N)([C]#N)[C]#N.[Fe+3].[Fe+3].[Fe+3].[Fe+3].[Fe+3].[Fe+3].[NH4+].[NH4+].[NH4+]. The fourth-order valence-corrected chi connectivity index (χ4v) is 7.65. The molecular formula is C42H12Fe13N45. The van der Waals surface area contributed by atoms with E-state index in [-0.39, 0.29) is 121 Å². The third-order valence-corrected chi connectivity index (χ3v) is 34.2. The van der Waals surface area contributed by atoms with Crippen LogP contribution < -0.4 is 18.5 Å². The molecule has 0 amide bonds. The molecule has 45 nitrogen and oxygen atoms in total. The van der Waals surface area contributed by atoms with Gasteiger partial charge in [-0.2, -0.15) is 0 Å². The molecule has 6 radical (unpaired) electrons. The van der Waals surface area contributed by atoms with Crippen LogP contribution in [0.4, 0.5) is 0 Å². The normalized spacial score (nSPS) is 12.2. The van der Waals surface area contributed by atoms with Crippen LogP contribution in [-0.2, 0) is 178 Å². The Morgan fingerprint density at radius 1 is 0.0800 bits per heavy atom. The largest absolute Gasteiger partial charge is 3.00 e. The Morgan fingerprint density at radius 2 is 0.100 bits per heavy atom. The van der Waals surface area contributed by atoms with Gasteiger partial charge in [0.2, 0.25) is 0 Å². The van der Waals surface area contributed by atoms with E-state index in [0.717, 1.165) is 209 Å². The second-order valence-corrected chi connectivity index (χ2v) is 52.0. The summed E-state index contributed by atoms with van der Waals surface area (Å²) in [4.78, 5) is 43.3. The summed E-state index contributed by atoms with van der Waals surface area (Å²) in [6.45, 7) is 0. The quantitative estimate of drug-likeness (QED) is 0.291. The van der Waals surface area contributed by atoms with Crippen LogP contribution in [0.2, 0.25) is 0 Å². The van der Waals surface area contributed by atoms with Gasteiger partial charge in [0.15, 0.2) is 0 Å². The molecule has 0 saturated carbocycles. The molecule has 0 aliphatic carbocycles. The van der Waals surface area contributed by atoms with Crippen molar-refractivity contribution in [2.75, 3.05) is 0 Å². The molecule has 0 aliphatic heterocycles. The first kappa shape index (κ1) is 126. The molecule has 509 valence electrons.